The molecule has 0 spiro atoms. The topological polar surface area (TPSA) is 32.6 Å². The summed E-state index contributed by atoms with van der Waals surface area (Å²) in [6.45, 7) is 14.6. The maximum Gasteiger partial charge on any atom is 0.144 e. The van der Waals surface area contributed by atoms with Crippen LogP contribution in [0.4, 0.5) is 5.69 Å². The van der Waals surface area contributed by atoms with E-state index in [9.17, 15) is 5.11 Å². The quantitative estimate of drug-likeness (QED) is 0.714. The fourth-order valence-electron chi connectivity index (χ4n) is 1.69. The van der Waals surface area contributed by atoms with Crippen molar-refractivity contribution in [3.63, 3.8) is 0 Å². The molecule has 18 heavy (non-hydrogen) atoms. The van der Waals surface area contributed by atoms with Gasteiger partial charge in [-0.05, 0) is 29.4 Å². The summed E-state index contributed by atoms with van der Waals surface area (Å²) in [4.78, 5) is 4.44. The van der Waals surface area contributed by atoms with Gasteiger partial charge < -0.3 is 5.11 Å². The number of aromatic hydroxyl groups is 1. The van der Waals surface area contributed by atoms with E-state index in [1.165, 1.54) is 0 Å². The molecule has 1 rings (SSSR count). The van der Waals surface area contributed by atoms with Gasteiger partial charge in [0.05, 0.1) is 0 Å². The largest absolute Gasteiger partial charge is 0.505 e. The summed E-state index contributed by atoms with van der Waals surface area (Å²) in [5.74, 6) is 0.300. The van der Waals surface area contributed by atoms with Gasteiger partial charge in [0.15, 0.2) is 0 Å². The minimum absolute atomic E-state index is 0.0120. The number of phenolic OH excluding ortho intramolecular Hbond substituents is 1. The minimum atomic E-state index is -0.0812. The summed E-state index contributed by atoms with van der Waals surface area (Å²) in [5, 5.41) is 10.3. The van der Waals surface area contributed by atoms with Crippen LogP contribution in [0.2, 0.25) is 0 Å². The molecule has 2 nitrogen and oxygen atoms in total. The van der Waals surface area contributed by atoms with Gasteiger partial charge in [-0.1, -0.05) is 47.6 Å². The zero-order chi connectivity index (χ0) is 14.1. The first-order valence-electron chi connectivity index (χ1n) is 6.40. The highest BCUT2D eigenvalue weighted by Crippen LogP contribution is 2.38. The van der Waals surface area contributed by atoms with E-state index in [-0.39, 0.29) is 10.8 Å². The van der Waals surface area contributed by atoms with Gasteiger partial charge in [-0.2, -0.15) is 0 Å². The van der Waals surface area contributed by atoms with Gasteiger partial charge >= 0.3 is 0 Å². The Morgan fingerprint density at radius 2 is 1.61 bits per heavy atom. The first-order chi connectivity index (χ1) is 8.00. The lowest BCUT2D eigenvalue weighted by atomic mass is 9.85. The van der Waals surface area contributed by atoms with Crippen molar-refractivity contribution in [3.8, 4) is 5.75 Å². The molecule has 0 saturated carbocycles. The Kier molecular flexibility index (Phi) is 3.89. The summed E-state index contributed by atoms with van der Waals surface area (Å²) in [5.41, 5.74) is 2.66. The predicted molar refractivity (Wildman–Crippen MR) is 79.2 cm³/mol. The summed E-state index contributed by atoms with van der Waals surface area (Å²) in [7, 11) is 0. The van der Waals surface area contributed by atoms with Crippen molar-refractivity contribution in [1.82, 2.24) is 0 Å². The summed E-state index contributed by atoms with van der Waals surface area (Å²) >= 11 is 0. The summed E-state index contributed by atoms with van der Waals surface area (Å²) in [6, 6.07) is 3.96. The lowest BCUT2D eigenvalue weighted by Crippen LogP contribution is -2.11. The highest BCUT2D eigenvalue weighted by atomic mass is 16.3. The monoisotopic (exact) mass is 247 g/mol. The maximum atomic E-state index is 10.3. The molecule has 0 aliphatic heterocycles. The normalized spacial score (nSPS) is 13.3. The first-order valence-corrected chi connectivity index (χ1v) is 6.40. The number of aryl methyl sites for hydroxylation is 1. The molecule has 0 atom stereocenters. The van der Waals surface area contributed by atoms with Gasteiger partial charge in [-0.25, -0.2) is 0 Å². The van der Waals surface area contributed by atoms with E-state index in [4.69, 9.17) is 0 Å². The van der Waals surface area contributed by atoms with Gasteiger partial charge in [-0.15, -0.1) is 0 Å². The standard InChI is InChI=1S/C16H25NO/c1-11-8-12(16(5,6)7)14(18)13(9-11)17-10-15(2,3)4/h8-10,18H,1-7H3. The van der Waals surface area contributed by atoms with Crippen molar-refractivity contribution in [2.75, 3.05) is 0 Å². The van der Waals surface area contributed by atoms with E-state index in [0.717, 1.165) is 11.1 Å². The van der Waals surface area contributed by atoms with Gasteiger partial charge in [0.25, 0.3) is 0 Å². The third-order valence-corrected chi connectivity index (χ3v) is 2.63. The van der Waals surface area contributed by atoms with E-state index < -0.39 is 0 Å². The molecular formula is C16H25NO. The molecule has 0 unspecified atom stereocenters. The lowest BCUT2D eigenvalue weighted by Gasteiger charge is -2.22. The first kappa shape index (κ1) is 14.7. The van der Waals surface area contributed by atoms with E-state index in [1.807, 2.05) is 25.3 Å². The second-order valence-electron chi connectivity index (χ2n) is 7.05. The van der Waals surface area contributed by atoms with Crippen molar-refractivity contribution in [2.24, 2.45) is 10.4 Å². The van der Waals surface area contributed by atoms with E-state index >= 15 is 0 Å². The number of hydrogen-bond donors (Lipinski definition) is 1. The lowest BCUT2D eigenvalue weighted by molar-refractivity contribution is 0.448. The molecule has 1 aromatic carbocycles. The molecule has 0 bridgehead atoms. The molecule has 2 heteroatoms. The van der Waals surface area contributed by atoms with Crippen LogP contribution in [0.5, 0.6) is 5.75 Å². The molecule has 0 aliphatic carbocycles. The van der Waals surface area contributed by atoms with Crippen LogP contribution in [-0.2, 0) is 5.41 Å². The second-order valence-corrected chi connectivity index (χ2v) is 7.05. The fourth-order valence-corrected chi connectivity index (χ4v) is 1.69. The van der Waals surface area contributed by atoms with Crippen molar-refractivity contribution in [1.29, 1.82) is 0 Å². The number of nitrogens with zero attached hydrogens (tertiary/aromatic N) is 1. The molecule has 1 N–H and O–H groups in total. The Bertz CT molecular complexity index is 459. The second kappa shape index (κ2) is 4.75. The average Bonchev–Trinajstić information content (AvgIpc) is 2.16. The molecule has 0 aromatic heterocycles. The van der Waals surface area contributed by atoms with Crippen molar-refractivity contribution >= 4 is 11.9 Å². The maximum absolute atomic E-state index is 10.3. The van der Waals surface area contributed by atoms with Gasteiger partial charge in [-0.3, -0.25) is 4.99 Å². The van der Waals surface area contributed by atoms with Crippen LogP contribution in [0.25, 0.3) is 0 Å². The third kappa shape index (κ3) is 3.86. The Morgan fingerprint density at radius 3 is 2.06 bits per heavy atom. The van der Waals surface area contributed by atoms with Crippen LogP contribution >= 0.6 is 0 Å². The summed E-state index contributed by atoms with van der Waals surface area (Å²) < 4.78 is 0. The molecule has 0 radical (unpaired) electrons. The smallest absolute Gasteiger partial charge is 0.144 e. The molecule has 0 amide bonds. The molecule has 0 aliphatic rings. The Hall–Kier alpha value is -1.31. The van der Waals surface area contributed by atoms with Gasteiger partial charge in [0.1, 0.15) is 11.4 Å². The van der Waals surface area contributed by atoms with Crippen LogP contribution in [0.1, 0.15) is 52.7 Å². The van der Waals surface area contributed by atoms with Crippen LogP contribution < -0.4 is 0 Å². The SMILES string of the molecule is Cc1cc(N=CC(C)(C)C)c(O)c(C(C)(C)C)c1. The number of phenols is 1. The molecule has 0 saturated heterocycles. The van der Waals surface area contributed by atoms with Gasteiger partial charge in [0, 0.05) is 11.8 Å². The fraction of sp³-hybridized carbons (Fsp3) is 0.562. The minimum Gasteiger partial charge on any atom is -0.505 e. The van der Waals surface area contributed by atoms with Crippen molar-refractivity contribution < 1.29 is 5.11 Å². The number of aliphatic imine (C=N–C) groups is 1. The number of rotatable bonds is 1. The molecule has 1 aromatic rings. The Labute approximate surface area is 111 Å². The van der Waals surface area contributed by atoms with E-state index in [0.29, 0.717) is 11.4 Å². The zero-order valence-corrected chi connectivity index (χ0v) is 12.6. The highest BCUT2D eigenvalue weighted by Gasteiger charge is 2.20. The molecular weight excluding hydrogens is 222 g/mol. The predicted octanol–water partition coefficient (Wildman–Crippen LogP) is 4.75. The number of hydrogen-bond acceptors (Lipinski definition) is 2. The van der Waals surface area contributed by atoms with E-state index in [1.54, 1.807) is 0 Å². The number of benzene rings is 1. The molecule has 0 fully saturated rings. The highest BCUT2D eigenvalue weighted by molar-refractivity contribution is 5.72. The molecule has 0 heterocycles. The summed E-state index contributed by atoms with van der Waals surface area (Å²) in [6.07, 6.45) is 1.88. The van der Waals surface area contributed by atoms with Crippen LogP contribution in [-0.4, -0.2) is 11.3 Å². The zero-order valence-electron chi connectivity index (χ0n) is 12.6. The van der Waals surface area contributed by atoms with Crippen molar-refractivity contribution in [2.45, 2.75) is 53.9 Å². The third-order valence-electron chi connectivity index (χ3n) is 2.63. The average molecular weight is 247 g/mol. The van der Waals surface area contributed by atoms with Crippen LogP contribution in [0.3, 0.4) is 0 Å². The van der Waals surface area contributed by atoms with Crippen molar-refractivity contribution in [3.05, 3.63) is 23.3 Å². The molecule has 100 valence electrons. The van der Waals surface area contributed by atoms with Gasteiger partial charge in [0.2, 0.25) is 0 Å². The Morgan fingerprint density at radius 1 is 1.06 bits per heavy atom. The van der Waals surface area contributed by atoms with Crippen LogP contribution in [0, 0.1) is 12.3 Å². The Balaban J connectivity index is 3.31. The van der Waals surface area contributed by atoms with E-state index in [2.05, 4.69) is 46.5 Å². The van der Waals surface area contributed by atoms with Crippen LogP contribution in [0.15, 0.2) is 17.1 Å².